The highest BCUT2D eigenvalue weighted by atomic mass is 16.5. The number of aryl methyl sites for hydroxylation is 1. The summed E-state index contributed by atoms with van der Waals surface area (Å²) in [5, 5.41) is 5.30. The molecule has 1 aromatic heterocycles. The van der Waals surface area contributed by atoms with Gasteiger partial charge in [-0.25, -0.2) is 0 Å². The molecule has 6 rings (SSSR count). The quantitative estimate of drug-likeness (QED) is 0.203. The summed E-state index contributed by atoms with van der Waals surface area (Å²) in [6, 6.07) is 25.6. The molecule has 42 heavy (non-hydrogen) atoms. The largest absolute Gasteiger partial charge is 0.496 e. The monoisotopic (exact) mass is 563 g/mol. The summed E-state index contributed by atoms with van der Waals surface area (Å²) in [7, 11) is 1.77. The molecule has 0 spiro atoms. The van der Waals surface area contributed by atoms with Gasteiger partial charge in [0.25, 0.3) is 0 Å². The molecule has 0 aliphatic heterocycles. The number of rotatable bonds is 10. The van der Waals surface area contributed by atoms with Gasteiger partial charge in [0.15, 0.2) is 0 Å². The number of nitrogens with zero attached hydrogens (tertiary/aromatic N) is 1. The van der Waals surface area contributed by atoms with Gasteiger partial charge in [-0.3, -0.25) is 0 Å². The van der Waals surface area contributed by atoms with E-state index in [-0.39, 0.29) is 0 Å². The van der Waals surface area contributed by atoms with E-state index in [2.05, 4.69) is 83.7 Å². The van der Waals surface area contributed by atoms with Crippen molar-refractivity contribution >= 4 is 10.9 Å². The molecule has 222 valence electrons. The minimum Gasteiger partial charge on any atom is -0.496 e. The molecular weight excluding hydrogens is 514 g/mol. The predicted octanol–water partition coefficient (Wildman–Crippen LogP) is 8.59. The number of nitrogens with one attached hydrogen (secondary N) is 1. The van der Waals surface area contributed by atoms with Crippen LogP contribution in [0.1, 0.15) is 86.8 Å². The van der Waals surface area contributed by atoms with Gasteiger partial charge in [0.1, 0.15) is 5.75 Å². The van der Waals surface area contributed by atoms with Gasteiger partial charge in [0.2, 0.25) is 0 Å². The highest BCUT2D eigenvalue weighted by molar-refractivity contribution is 5.90. The Morgan fingerprint density at radius 2 is 1.71 bits per heavy atom. The van der Waals surface area contributed by atoms with Crippen LogP contribution in [-0.4, -0.2) is 30.3 Å². The van der Waals surface area contributed by atoms with Crippen molar-refractivity contribution in [2.75, 3.05) is 13.7 Å². The maximum absolute atomic E-state index is 6.20. The standard InChI is InChI=1S/C38H49N3O/c1-27-9-8-12-29(23-27)33(21-22-40-32-18-16-31(39)17-19-32)36-26-41(25-28-10-4-3-5-11-28)37-20-15-30(24-35(36)37)34-13-6-7-14-38(34)42-2/h6-9,12-15,20,23-24,26,28,31-33,40H,3-5,10-11,16-19,21-22,25,39H2,1-2H3. The maximum Gasteiger partial charge on any atom is 0.126 e. The molecule has 3 aromatic carbocycles. The van der Waals surface area contributed by atoms with E-state index >= 15 is 0 Å². The van der Waals surface area contributed by atoms with Crippen LogP contribution in [0.5, 0.6) is 5.75 Å². The van der Waals surface area contributed by atoms with Crippen LogP contribution in [0.2, 0.25) is 0 Å². The Hall–Kier alpha value is -3.08. The molecule has 0 amide bonds. The molecule has 1 heterocycles. The number of ether oxygens (including phenoxy) is 1. The Morgan fingerprint density at radius 1 is 0.905 bits per heavy atom. The number of methoxy groups -OCH3 is 1. The van der Waals surface area contributed by atoms with Gasteiger partial charge in [0.05, 0.1) is 7.11 Å². The van der Waals surface area contributed by atoms with Crippen molar-refractivity contribution in [3.8, 4) is 16.9 Å². The summed E-state index contributed by atoms with van der Waals surface area (Å²) in [6.07, 6.45) is 15.1. The Kier molecular flexibility index (Phi) is 9.31. The van der Waals surface area contributed by atoms with E-state index in [1.807, 2.05) is 6.07 Å². The van der Waals surface area contributed by atoms with Crippen LogP contribution >= 0.6 is 0 Å². The third-order valence-electron chi connectivity index (χ3n) is 9.97. The maximum atomic E-state index is 6.20. The molecule has 3 N–H and O–H groups in total. The summed E-state index contributed by atoms with van der Waals surface area (Å²) in [4.78, 5) is 0. The number of hydrogen-bond donors (Lipinski definition) is 2. The van der Waals surface area contributed by atoms with Gasteiger partial charge in [0, 0.05) is 47.2 Å². The van der Waals surface area contributed by atoms with Gasteiger partial charge < -0.3 is 20.4 Å². The molecule has 0 saturated heterocycles. The lowest BCUT2D eigenvalue weighted by atomic mass is 9.86. The summed E-state index contributed by atoms with van der Waals surface area (Å²) < 4.78 is 8.36. The van der Waals surface area contributed by atoms with Gasteiger partial charge in [-0.05, 0) is 99.2 Å². The topological polar surface area (TPSA) is 52.2 Å². The number of benzene rings is 3. The van der Waals surface area contributed by atoms with E-state index in [4.69, 9.17) is 10.5 Å². The summed E-state index contributed by atoms with van der Waals surface area (Å²) in [5.41, 5.74) is 14.1. The molecule has 0 bridgehead atoms. The number of fused-ring (bicyclic) bond motifs is 1. The fourth-order valence-electron chi connectivity index (χ4n) is 7.60. The minimum atomic E-state index is 0.325. The molecule has 1 unspecified atom stereocenters. The Morgan fingerprint density at radius 3 is 2.50 bits per heavy atom. The zero-order valence-electron chi connectivity index (χ0n) is 25.7. The lowest BCUT2D eigenvalue weighted by Gasteiger charge is -2.28. The van der Waals surface area contributed by atoms with Crippen molar-refractivity contribution in [3.05, 3.63) is 89.6 Å². The summed E-state index contributed by atoms with van der Waals surface area (Å²) in [5.74, 6) is 2.02. The zero-order chi connectivity index (χ0) is 28.9. The van der Waals surface area contributed by atoms with Gasteiger partial charge in [-0.2, -0.15) is 0 Å². The van der Waals surface area contributed by atoms with Gasteiger partial charge >= 0.3 is 0 Å². The van der Waals surface area contributed by atoms with E-state index < -0.39 is 0 Å². The first-order valence-corrected chi connectivity index (χ1v) is 16.4. The second-order valence-corrected chi connectivity index (χ2v) is 13.0. The van der Waals surface area contributed by atoms with E-state index in [1.54, 1.807) is 7.11 Å². The molecule has 0 radical (unpaired) electrons. The van der Waals surface area contributed by atoms with Crippen molar-refractivity contribution in [2.45, 2.75) is 95.7 Å². The van der Waals surface area contributed by atoms with Crippen molar-refractivity contribution in [1.29, 1.82) is 0 Å². The molecule has 2 saturated carbocycles. The lowest BCUT2D eigenvalue weighted by Crippen LogP contribution is -2.38. The molecule has 4 nitrogen and oxygen atoms in total. The zero-order valence-corrected chi connectivity index (χ0v) is 25.7. The number of hydrogen-bond acceptors (Lipinski definition) is 3. The molecule has 4 heteroatoms. The highest BCUT2D eigenvalue weighted by Crippen LogP contribution is 2.39. The lowest BCUT2D eigenvalue weighted by molar-refractivity contribution is 0.322. The van der Waals surface area contributed by atoms with Crippen LogP contribution in [0.4, 0.5) is 0 Å². The Bertz CT molecular complexity index is 1460. The first-order valence-electron chi connectivity index (χ1n) is 16.4. The van der Waals surface area contributed by atoms with Crippen LogP contribution in [-0.2, 0) is 6.54 Å². The smallest absolute Gasteiger partial charge is 0.126 e. The average Bonchev–Trinajstić information content (AvgIpc) is 3.37. The fourth-order valence-corrected chi connectivity index (χ4v) is 7.60. The van der Waals surface area contributed by atoms with Crippen LogP contribution in [0.25, 0.3) is 22.0 Å². The van der Waals surface area contributed by atoms with E-state index in [1.165, 1.54) is 78.1 Å². The fraction of sp³-hybridized carbons (Fsp3) is 0.474. The normalized spacial score (nSPS) is 20.5. The van der Waals surface area contributed by atoms with Crippen LogP contribution in [0.3, 0.4) is 0 Å². The highest BCUT2D eigenvalue weighted by Gasteiger charge is 2.24. The molecular formula is C38H49N3O. The third-order valence-corrected chi connectivity index (χ3v) is 9.97. The van der Waals surface area contributed by atoms with Crippen molar-refractivity contribution < 1.29 is 4.74 Å². The minimum absolute atomic E-state index is 0.325. The predicted molar refractivity (Wildman–Crippen MR) is 176 cm³/mol. The van der Waals surface area contributed by atoms with Crippen LogP contribution in [0, 0.1) is 12.8 Å². The second kappa shape index (κ2) is 13.5. The third kappa shape index (κ3) is 6.61. The van der Waals surface area contributed by atoms with E-state index in [0.29, 0.717) is 18.0 Å². The van der Waals surface area contributed by atoms with Gasteiger partial charge in [-0.1, -0.05) is 73.4 Å². The Labute approximate surface area is 252 Å². The SMILES string of the molecule is COc1ccccc1-c1ccc2c(c1)c(C(CCNC1CCC(N)CC1)c1cccc(C)c1)cn2CC1CCCCC1. The van der Waals surface area contributed by atoms with Gasteiger partial charge in [-0.15, -0.1) is 0 Å². The van der Waals surface area contributed by atoms with Crippen molar-refractivity contribution in [2.24, 2.45) is 11.7 Å². The summed E-state index contributed by atoms with van der Waals surface area (Å²) in [6.45, 7) is 4.35. The van der Waals surface area contributed by atoms with E-state index in [9.17, 15) is 0 Å². The first-order chi connectivity index (χ1) is 20.6. The first kappa shape index (κ1) is 29.0. The Balaban J connectivity index is 1.39. The van der Waals surface area contributed by atoms with Crippen LogP contribution in [0.15, 0.2) is 72.9 Å². The average molecular weight is 564 g/mol. The van der Waals surface area contributed by atoms with E-state index in [0.717, 1.165) is 49.6 Å². The number of para-hydroxylation sites is 1. The van der Waals surface area contributed by atoms with Crippen LogP contribution < -0.4 is 15.8 Å². The molecule has 4 aromatic rings. The van der Waals surface area contributed by atoms with Crippen molar-refractivity contribution in [3.63, 3.8) is 0 Å². The van der Waals surface area contributed by atoms with Crippen molar-refractivity contribution in [1.82, 2.24) is 9.88 Å². The second-order valence-electron chi connectivity index (χ2n) is 13.0. The molecule has 2 aliphatic carbocycles. The molecule has 1 atom stereocenters. The molecule has 2 aliphatic rings. The molecule has 2 fully saturated rings. The summed E-state index contributed by atoms with van der Waals surface area (Å²) >= 11 is 0. The number of nitrogens with two attached hydrogens (primary N) is 1. The number of aromatic nitrogens is 1.